The molecule has 4 rings (SSSR count). The highest BCUT2D eigenvalue weighted by Crippen LogP contribution is 2.36. The molecule has 0 aromatic heterocycles. The van der Waals surface area contributed by atoms with E-state index in [0.29, 0.717) is 12.8 Å². The summed E-state index contributed by atoms with van der Waals surface area (Å²) in [6.45, 7) is -0.569. The van der Waals surface area contributed by atoms with E-state index in [4.69, 9.17) is 11.6 Å². The standard InChI is InChI=1S/C23H18ClFN2O4/c24-19-8-4-3-7-18(19)21(29)26(13-20(28)14-9-11-15(25)12-10-14)27-22(30)16-5-1-2-6-17(16)23(27)31/h1-4,7-12,16-17H,5-6,13H2. The van der Waals surface area contributed by atoms with Crippen molar-refractivity contribution in [1.29, 1.82) is 0 Å². The van der Waals surface area contributed by atoms with E-state index in [1.165, 1.54) is 24.3 Å². The third-order valence-corrected chi connectivity index (χ3v) is 5.85. The molecular weight excluding hydrogens is 423 g/mol. The van der Waals surface area contributed by atoms with Crippen LogP contribution >= 0.6 is 11.6 Å². The van der Waals surface area contributed by atoms with Gasteiger partial charge in [0.15, 0.2) is 5.78 Å². The van der Waals surface area contributed by atoms with E-state index >= 15 is 0 Å². The Balaban J connectivity index is 1.70. The average Bonchev–Trinajstić information content (AvgIpc) is 3.03. The van der Waals surface area contributed by atoms with Crippen LogP contribution in [-0.4, -0.2) is 40.1 Å². The summed E-state index contributed by atoms with van der Waals surface area (Å²) in [5, 5.41) is 1.77. The zero-order valence-corrected chi connectivity index (χ0v) is 17.1. The average molecular weight is 441 g/mol. The number of fused-ring (bicyclic) bond motifs is 1. The van der Waals surface area contributed by atoms with Crippen molar-refractivity contribution in [2.45, 2.75) is 12.8 Å². The first-order chi connectivity index (χ1) is 14.9. The number of rotatable bonds is 5. The van der Waals surface area contributed by atoms with Crippen LogP contribution in [-0.2, 0) is 9.59 Å². The summed E-state index contributed by atoms with van der Waals surface area (Å²) < 4.78 is 13.2. The molecule has 31 heavy (non-hydrogen) atoms. The van der Waals surface area contributed by atoms with Crippen molar-refractivity contribution < 1.29 is 23.6 Å². The van der Waals surface area contributed by atoms with Gasteiger partial charge in [-0.15, -0.1) is 0 Å². The molecule has 1 saturated heterocycles. The van der Waals surface area contributed by atoms with Gasteiger partial charge in [0, 0.05) is 5.56 Å². The van der Waals surface area contributed by atoms with Gasteiger partial charge in [0.05, 0.1) is 22.4 Å². The highest BCUT2D eigenvalue weighted by atomic mass is 35.5. The fourth-order valence-electron chi connectivity index (χ4n) is 3.89. The van der Waals surface area contributed by atoms with Crippen molar-refractivity contribution in [3.63, 3.8) is 0 Å². The molecule has 0 saturated carbocycles. The molecule has 2 atom stereocenters. The van der Waals surface area contributed by atoms with E-state index in [1.54, 1.807) is 12.1 Å². The molecule has 0 radical (unpaired) electrons. The molecule has 6 nitrogen and oxygen atoms in total. The lowest BCUT2D eigenvalue weighted by Crippen LogP contribution is -2.52. The summed E-state index contributed by atoms with van der Waals surface area (Å²) in [4.78, 5) is 52.3. The molecule has 1 fully saturated rings. The van der Waals surface area contributed by atoms with E-state index in [0.717, 1.165) is 22.2 Å². The predicted octanol–water partition coefficient (Wildman–Crippen LogP) is 3.67. The number of amides is 3. The molecule has 2 unspecified atom stereocenters. The molecule has 0 spiro atoms. The number of hydrazine groups is 1. The molecule has 0 bridgehead atoms. The van der Waals surface area contributed by atoms with Gasteiger partial charge in [-0.05, 0) is 49.2 Å². The molecule has 2 aromatic carbocycles. The number of hydrogen-bond acceptors (Lipinski definition) is 4. The second kappa shape index (κ2) is 8.43. The van der Waals surface area contributed by atoms with Gasteiger partial charge >= 0.3 is 0 Å². The summed E-state index contributed by atoms with van der Waals surface area (Å²) in [5.74, 6) is -3.98. The third kappa shape index (κ3) is 3.88. The van der Waals surface area contributed by atoms with Crippen LogP contribution in [0.4, 0.5) is 4.39 Å². The Morgan fingerprint density at radius 2 is 1.55 bits per heavy atom. The minimum atomic E-state index is -0.741. The van der Waals surface area contributed by atoms with Crippen LogP contribution in [0.5, 0.6) is 0 Å². The largest absolute Gasteiger partial charge is 0.292 e. The van der Waals surface area contributed by atoms with Crippen LogP contribution in [0.25, 0.3) is 0 Å². The molecule has 3 amide bonds. The second-order valence-corrected chi connectivity index (χ2v) is 7.82. The number of ketones is 1. The van der Waals surface area contributed by atoms with E-state index in [2.05, 4.69) is 0 Å². The van der Waals surface area contributed by atoms with Crippen molar-refractivity contribution in [3.8, 4) is 0 Å². The third-order valence-electron chi connectivity index (χ3n) is 5.52. The minimum Gasteiger partial charge on any atom is -0.292 e. The smallest absolute Gasteiger partial charge is 0.274 e. The van der Waals surface area contributed by atoms with Crippen LogP contribution in [0.15, 0.2) is 60.7 Å². The van der Waals surface area contributed by atoms with Crippen molar-refractivity contribution in [2.24, 2.45) is 11.8 Å². The first-order valence-electron chi connectivity index (χ1n) is 9.76. The lowest BCUT2D eigenvalue weighted by atomic mass is 9.85. The van der Waals surface area contributed by atoms with Crippen molar-refractivity contribution in [1.82, 2.24) is 10.0 Å². The van der Waals surface area contributed by atoms with Gasteiger partial charge in [0.2, 0.25) is 0 Å². The number of benzene rings is 2. The Morgan fingerprint density at radius 3 is 2.13 bits per heavy atom. The number of allylic oxidation sites excluding steroid dienone is 2. The number of hydrogen-bond donors (Lipinski definition) is 0. The van der Waals surface area contributed by atoms with Gasteiger partial charge in [0.1, 0.15) is 12.4 Å². The maximum Gasteiger partial charge on any atom is 0.274 e. The van der Waals surface area contributed by atoms with E-state index in [-0.39, 0.29) is 16.1 Å². The molecule has 1 aliphatic carbocycles. The fraction of sp³-hybridized carbons (Fsp3) is 0.217. The fourth-order valence-corrected chi connectivity index (χ4v) is 4.11. The van der Waals surface area contributed by atoms with Crippen molar-refractivity contribution >= 4 is 35.1 Å². The predicted molar refractivity (Wildman–Crippen MR) is 110 cm³/mol. The molecule has 2 aromatic rings. The van der Waals surface area contributed by atoms with Gasteiger partial charge < -0.3 is 0 Å². The van der Waals surface area contributed by atoms with Crippen LogP contribution in [0.3, 0.4) is 0 Å². The Morgan fingerprint density at radius 1 is 0.968 bits per heavy atom. The van der Waals surface area contributed by atoms with Gasteiger partial charge in [-0.3, -0.25) is 19.2 Å². The van der Waals surface area contributed by atoms with Gasteiger partial charge in [0.25, 0.3) is 17.7 Å². The number of nitrogens with zero attached hydrogens (tertiary/aromatic N) is 2. The molecule has 0 N–H and O–H groups in total. The molecular formula is C23H18ClFN2O4. The first kappa shape index (κ1) is 20.9. The molecule has 1 heterocycles. The molecule has 8 heteroatoms. The van der Waals surface area contributed by atoms with Crippen LogP contribution in [0, 0.1) is 17.7 Å². The maximum absolute atomic E-state index is 13.3. The molecule has 2 aliphatic rings. The van der Waals surface area contributed by atoms with E-state index in [9.17, 15) is 23.6 Å². The summed E-state index contributed by atoms with van der Waals surface area (Å²) in [6, 6.07) is 11.0. The van der Waals surface area contributed by atoms with Crippen LogP contribution in [0.2, 0.25) is 5.02 Å². The monoisotopic (exact) mass is 440 g/mol. The minimum absolute atomic E-state index is 0.0599. The summed E-state index contributed by atoms with van der Waals surface area (Å²) in [7, 11) is 0. The normalized spacial score (nSPS) is 20.0. The highest BCUT2D eigenvalue weighted by molar-refractivity contribution is 6.34. The van der Waals surface area contributed by atoms with Crippen LogP contribution in [0.1, 0.15) is 33.6 Å². The molecule has 1 aliphatic heterocycles. The van der Waals surface area contributed by atoms with E-state index in [1.807, 2.05) is 12.2 Å². The number of halogens is 2. The maximum atomic E-state index is 13.3. The van der Waals surface area contributed by atoms with Crippen molar-refractivity contribution in [2.75, 3.05) is 6.54 Å². The second-order valence-electron chi connectivity index (χ2n) is 7.42. The number of imide groups is 1. The number of carbonyl (C=O) groups is 4. The lowest BCUT2D eigenvalue weighted by molar-refractivity contribution is -0.154. The zero-order valence-electron chi connectivity index (χ0n) is 16.3. The van der Waals surface area contributed by atoms with Gasteiger partial charge in [-0.25, -0.2) is 9.40 Å². The summed E-state index contributed by atoms with van der Waals surface area (Å²) >= 11 is 6.16. The number of Topliss-reactive ketones (excluding diaryl/α,β-unsaturated/α-hetero) is 1. The Bertz CT molecular complexity index is 1070. The Labute approximate surface area is 182 Å². The zero-order chi connectivity index (χ0) is 22.1. The lowest BCUT2D eigenvalue weighted by Gasteiger charge is -2.30. The van der Waals surface area contributed by atoms with Gasteiger partial charge in [-0.2, -0.15) is 5.01 Å². The molecule has 158 valence electrons. The first-order valence-corrected chi connectivity index (χ1v) is 10.1. The summed E-state index contributed by atoms with van der Waals surface area (Å²) in [6.07, 6.45) is 4.46. The Kier molecular flexibility index (Phi) is 5.69. The van der Waals surface area contributed by atoms with Gasteiger partial charge in [-0.1, -0.05) is 35.9 Å². The van der Waals surface area contributed by atoms with Crippen LogP contribution < -0.4 is 0 Å². The summed E-state index contributed by atoms with van der Waals surface area (Å²) in [5.41, 5.74) is 0.209. The SMILES string of the molecule is O=C(CN(C(=O)c1ccccc1Cl)N1C(=O)C2CC=CCC2C1=O)c1ccc(F)cc1. The van der Waals surface area contributed by atoms with E-state index < -0.39 is 47.7 Å². The van der Waals surface area contributed by atoms with Crippen molar-refractivity contribution in [3.05, 3.63) is 82.6 Å². The Hall–Kier alpha value is -3.32. The highest BCUT2D eigenvalue weighted by Gasteiger charge is 2.51. The topological polar surface area (TPSA) is 74.8 Å². The number of carbonyl (C=O) groups excluding carboxylic acids is 4. The quantitative estimate of drug-likeness (QED) is 0.404.